The zero-order valence-corrected chi connectivity index (χ0v) is 13.4. The number of fused-ring (bicyclic) bond motifs is 3. The van der Waals surface area contributed by atoms with E-state index in [2.05, 4.69) is 15.3 Å². The molecule has 0 saturated heterocycles. The highest BCUT2D eigenvalue weighted by atomic mass is 16.3. The van der Waals surface area contributed by atoms with Crippen molar-refractivity contribution in [3.63, 3.8) is 0 Å². The number of furan rings is 1. The zero-order chi connectivity index (χ0) is 16.7. The summed E-state index contributed by atoms with van der Waals surface area (Å²) in [5, 5.41) is 3.79. The summed E-state index contributed by atoms with van der Waals surface area (Å²) in [6.07, 6.45) is 2.15. The third-order valence-electron chi connectivity index (χ3n) is 4.15. The minimum absolute atomic E-state index is 0.0344. The fourth-order valence-electron chi connectivity index (χ4n) is 2.86. The summed E-state index contributed by atoms with van der Waals surface area (Å²) in [6, 6.07) is 7.81. The number of nitrogens with one attached hydrogen (secondary N) is 3. The maximum Gasteiger partial charge on any atom is 0.294 e. The van der Waals surface area contributed by atoms with Crippen LogP contribution in [0.4, 0.5) is 0 Å². The molecule has 2 aromatic heterocycles. The number of carbonyl (C=O) groups is 1. The van der Waals surface area contributed by atoms with Gasteiger partial charge in [-0.15, -0.1) is 0 Å². The molecule has 4 rings (SSSR count). The van der Waals surface area contributed by atoms with Gasteiger partial charge in [0.15, 0.2) is 12.4 Å². The van der Waals surface area contributed by atoms with Gasteiger partial charge in [0.05, 0.1) is 7.05 Å². The monoisotopic (exact) mass is 327 g/mol. The molecule has 3 N–H and O–H groups in total. The van der Waals surface area contributed by atoms with E-state index >= 15 is 0 Å². The van der Waals surface area contributed by atoms with E-state index in [1.165, 1.54) is 0 Å². The van der Waals surface area contributed by atoms with E-state index in [1.54, 1.807) is 0 Å². The molecule has 24 heavy (non-hydrogen) atoms. The highest BCUT2D eigenvalue weighted by Gasteiger charge is 2.24. The maximum atomic E-state index is 12.2. The normalized spacial score (nSPS) is 15.7. The van der Waals surface area contributed by atoms with Crippen molar-refractivity contribution in [2.75, 3.05) is 13.6 Å². The van der Waals surface area contributed by atoms with Gasteiger partial charge in [0.2, 0.25) is 5.58 Å². The van der Waals surface area contributed by atoms with Crippen LogP contribution in [0.2, 0.25) is 0 Å². The van der Waals surface area contributed by atoms with Crippen molar-refractivity contribution >= 4 is 28.0 Å². The first kappa shape index (κ1) is 14.9. The molecule has 1 aliphatic carbocycles. The second kappa shape index (κ2) is 5.76. The molecule has 7 nitrogen and oxygen atoms in total. The smallest absolute Gasteiger partial charge is 0.294 e. The van der Waals surface area contributed by atoms with Crippen LogP contribution >= 0.6 is 0 Å². The molecule has 7 heteroatoms. The number of H-pyrrole nitrogens is 1. The van der Waals surface area contributed by atoms with Gasteiger partial charge in [-0.2, -0.15) is 0 Å². The molecule has 1 amide bonds. The third-order valence-corrected chi connectivity index (χ3v) is 4.15. The number of hydrogen-bond acceptors (Lipinski definition) is 4. The van der Waals surface area contributed by atoms with Crippen LogP contribution in [0.5, 0.6) is 0 Å². The number of hydrogen-bond donors (Lipinski definition) is 3. The average Bonchev–Trinajstić information content (AvgIpc) is 3.25. The Morgan fingerprint density at radius 3 is 3.00 bits per heavy atom. The summed E-state index contributed by atoms with van der Waals surface area (Å²) in [5.41, 5.74) is 1.16. The number of nitrogens with zero attached hydrogens (tertiary/aromatic N) is 1. The van der Waals surface area contributed by atoms with Crippen LogP contribution in [0.25, 0.3) is 22.1 Å². The number of benzene rings is 1. The van der Waals surface area contributed by atoms with Crippen LogP contribution in [0.3, 0.4) is 0 Å². The standard InChI is InChI=1S/C17H18N4O3/c1-21(9-14(22)18-10-6-7-10)8-13-19-15-11-4-2-3-5-12(11)24-16(15)17(23)20-13/h2-5,10H,6-9H2,1H3,(H,18,22)(H,19,20,23)/p+1. The van der Waals surface area contributed by atoms with E-state index in [-0.39, 0.29) is 17.0 Å². The Labute approximate surface area is 137 Å². The van der Waals surface area contributed by atoms with Gasteiger partial charge in [0, 0.05) is 11.4 Å². The number of para-hydroxylation sites is 1. The number of quaternary nitrogens is 1. The summed E-state index contributed by atoms with van der Waals surface area (Å²) in [7, 11) is 1.91. The summed E-state index contributed by atoms with van der Waals surface area (Å²) in [5.74, 6) is 0.586. The highest BCUT2D eigenvalue weighted by molar-refractivity contribution is 6.01. The number of aromatic amines is 1. The van der Waals surface area contributed by atoms with E-state index in [1.807, 2.05) is 31.3 Å². The van der Waals surface area contributed by atoms with Crippen LogP contribution in [0, 0.1) is 0 Å². The van der Waals surface area contributed by atoms with Crippen LogP contribution in [-0.2, 0) is 11.3 Å². The molecule has 1 aromatic carbocycles. The molecule has 1 aliphatic rings. The van der Waals surface area contributed by atoms with Crippen molar-refractivity contribution in [3.05, 3.63) is 40.4 Å². The Balaban J connectivity index is 1.58. The second-order valence-electron chi connectivity index (χ2n) is 6.44. The quantitative estimate of drug-likeness (QED) is 0.613. The van der Waals surface area contributed by atoms with Crippen molar-refractivity contribution in [1.29, 1.82) is 0 Å². The van der Waals surface area contributed by atoms with Crippen molar-refractivity contribution in [2.45, 2.75) is 25.4 Å². The van der Waals surface area contributed by atoms with E-state index in [4.69, 9.17) is 4.42 Å². The third kappa shape index (κ3) is 2.90. The molecular weight excluding hydrogens is 308 g/mol. The lowest BCUT2D eigenvalue weighted by molar-refractivity contribution is -0.886. The summed E-state index contributed by atoms with van der Waals surface area (Å²) in [6.45, 7) is 0.813. The molecule has 1 fully saturated rings. The lowest BCUT2D eigenvalue weighted by atomic mass is 10.2. The van der Waals surface area contributed by atoms with Gasteiger partial charge in [-0.25, -0.2) is 4.98 Å². The maximum absolute atomic E-state index is 12.2. The molecule has 0 spiro atoms. The van der Waals surface area contributed by atoms with Gasteiger partial charge in [0.1, 0.15) is 17.6 Å². The first-order valence-corrected chi connectivity index (χ1v) is 8.11. The Hall–Kier alpha value is -2.67. The molecule has 3 aromatic rings. The van der Waals surface area contributed by atoms with Crippen molar-refractivity contribution in [3.8, 4) is 0 Å². The van der Waals surface area contributed by atoms with Gasteiger partial charge < -0.3 is 19.6 Å². The molecule has 124 valence electrons. The zero-order valence-electron chi connectivity index (χ0n) is 13.4. The summed E-state index contributed by atoms with van der Waals surface area (Å²) < 4.78 is 5.58. The van der Waals surface area contributed by atoms with Crippen molar-refractivity contribution < 1.29 is 14.1 Å². The van der Waals surface area contributed by atoms with E-state index < -0.39 is 0 Å². The topological polar surface area (TPSA) is 92.4 Å². The minimum atomic E-state index is -0.290. The molecule has 2 heterocycles. The second-order valence-corrected chi connectivity index (χ2v) is 6.44. The number of likely N-dealkylation sites (N-methyl/N-ethyl adjacent to an activating group) is 1. The summed E-state index contributed by atoms with van der Waals surface area (Å²) in [4.78, 5) is 32.4. The number of rotatable bonds is 5. The SMILES string of the molecule is C[NH+](CC(=O)NC1CC1)Cc1nc2c(oc3ccccc32)c(=O)[nH]1. The molecule has 1 unspecified atom stereocenters. The van der Waals surface area contributed by atoms with E-state index in [0.717, 1.165) is 23.1 Å². The minimum Gasteiger partial charge on any atom is -0.449 e. The predicted molar refractivity (Wildman–Crippen MR) is 88.8 cm³/mol. The van der Waals surface area contributed by atoms with E-state index in [0.29, 0.717) is 36.1 Å². The lowest BCUT2D eigenvalue weighted by Crippen LogP contribution is -3.09. The number of carbonyl (C=O) groups excluding carboxylic acids is 1. The predicted octanol–water partition coefficient (Wildman–Crippen LogP) is -0.0374. The Bertz CT molecular complexity index is 971. The van der Waals surface area contributed by atoms with Gasteiger partial charge in [-0.3, -0.25) is 9.59 Å². The van der Waals surface area contributed by atoms with Gasteiger partial charge >= 0.3 is 0 Å². The largest absolute Gasteiger partial charge is 0.449 e. The first-order chi connectivity index (χ1) is 11.6. The fourth-order valence-corrected chi connectivity index (χ4v) is 2.86. The number of aromatic nitrogens is 2. The average molecular weight is 327 g/mol. The Morgan fingerprint density at radius 1 is 1.42 bits per heavy atom. The van der Waals surface area contributed by atoms with Crippen LogP contribution in [-0.4, -0.2) is 35.5 Å². The van der Waals surface area contributed by atoms with Crippen molar-refractivity contribution in [2.24, 2.45) is 0 Å². The lowest BCUT2D eigenvalue weighted by Gasteiger charge is -2.12. The summed E-state index contributed by atoms with van der Waals surface area (Å²) >= 11 is 0. The fraction of sp³-hybridized carbons (Fsp3) is 0.353. The Morgan fingerprint density at radius 2 is 2.21 bits per heavy atom. The molecule has 1 atom stereocenters. The first-order valence-electron chi connectivity index (χ1n) is 8.11. The molecule has 0 aliphatic heterocycles. The molecule has 0 bridgehead atoms. The highest BCUT2D eigenvalue weighted by Crippen LogP contribution is 2.24. The van der Waals surface area contributed by atoms with Crippen LogP contribution < -0.4 is 15.8 Å². The molecule has 0 radical (unpaired) electrons. The van der Waals surface area contributed by atoms with Gasteiger partial charge in [-0.1, -0.05) is 12.1 Å². The van der Waals surface area contributed by atoms with Gasteiger partial charge in [0.25, 0.3) is 11.5 Å². The molecular formula is C17H19N4O3+. The van der Waals surface area contributed by atoms with Crippen LogP contribution in [0.1, 0.15) is 18.7 Å². The number of amides is 1. The van der Waals surface area contributed by atoms with Crippen molar-refractivity contribution in [1.82, 2.24) is 15.3 Å². The Kier molecular flexibility index (Phi) is 3.57. The van der Waals surface area contributed by atoms with Gasteiger partial charge in [-0.05, 0) is 25.0 Å². The van der Waals surface area contributed by atoms with Crippen LogP contribution in [0.15, 0.2) is 33.5 Å². The van der Waals surface area contributed by atoms with E-state index in [9.17, 15) is 9.59 Å². The molecule has 1 saturated carbocycles.